The molecule has 0 spiro atoms. The summed E-state index contributed by atoms with van der Waals surface area (Å²) in [6.45, 7) is 2.10. The second-order valence-electron chi connectivity index (χ2n) is 3.61. The van der Waals surface area contributed by atoms with Crippen LogP contribution in [-0.4, -0.2) is 4.98 Å². The third-order valence-electron chi connectivity index (χ3n) is 2.28. The molecule has 15 heavy (non-hydrogen) atoms. The molecule has 0 bridgehead atoms. The van der Waals surface area contributed by atoms with Crippen LogP contribution in [-0.2, 0) is 6.42 Å². The van der Waals surface area contributed by atoms with Crippen LogP contribution in [0.5, 0.6) is 0 Å². The zero-order valence-electron chi connectivity index (χ0n) is 8.57. The van der Waals surface area contributed by atoms with Gasteiger partial charge in [-0.1, -0.05) is 35.9 Å². The summed E-state index contributed by atoms with van der Waals surface area (Å²) in [5, 5.41) is 0. The molecule has 0 N–H and O–H groups in total. The van der Waals surface area contributed by atoms with Gasteiger partial charge in [0, 0.05) is 12.1 Å². The smallest absolute Gasteiger partial charge is 0.106 e. The number of aryl methyl sites for hydroxylation is 1. The van der Waals surface area contributed by atoms with Gasteiger partial charge in [-0.05, 0) is 40.5 Å². The summed E-state index contributed by atoms with van der Waals surface area (Å²) in [6, 6.07) is 14.6. The number of halogens is 1. The fourth-order valence-corrected chi connectivity index (χ4v) is 1.84. The molecule has 1 aromatic carbocycles. The van der Waals surface area contributed by atoms with Crippen molar-refractivity contribution < 1.29 is 0 Å². The lowest BCUT2D eigenvalue weighted by atomic mass is 10.1. The summed E-state index contributed by atoms with van der Waals surface area (Å²) in [7, 11) is 0. The SMILES string of the molecule is Cc1ccc(Cc2cccc(Br)n2)cc1. The molecule has 0 aliphatic rings. The normalized spacial score (nSPS) is 10.3. The molecule has 0 saturated carbocycles. The highest BCUT2D eigenvalue weighted by Crippen LogP contribution is 2.11. The molecule has 0 aliphatic carbocycles. The van der Waals surface area contributed by atoms with Crippen molar-refractivity contribution in [1.82, 2.24) is 4.98 Å². The monoisotopic (exact) mass is 261 g/mol. The Morgan fingerprint density at radius 2 is 1.80 bits per heavy atom. The second kappa shape index (κ2) is 4.58. The molecule has 2 rings (SSSR count). The van der Waals surface area contributed by atoms with Crippen molar-refractivity contribution in [2.75, 3.05) is 0 Å². The van der Waals surface area contributed by atoms with Gasteiger partial charge in [0.05, 0.1) is 0 Å². The minimum atomic E-state index is 0.889. The van der Waals surface area contributed by atoms with Gasteiger partial charge in [0.2, 0.25) is 0 Å². The summed E-state index contributed by atoms with van der Waals surface area (Å²) >= 11 is 3.38. The molecule has 0 saturated heterocycles. The number of pyridine rings is 1. The standard InChI is InChI=1S/C13H12BrN/c1-10-5-7-11(8-6-10)9-12-3-2-4-13(14)15-12/h2-8H,9H2,1H3. The molecule has 1 aromatic heterocycles. The van der Waals surface area contributed by atoms with Gasteiger partial charge in [0.15, 0.2) is 0 Å². The lowest BCUT2D eigenvalue weighted by molar-refractivity contribution is 1.06. The van der Waals surface area contributed by atoms with Gasteiger partial charge in [-0.15, -0.1) is 0 Å². The van der Waals surface area contributed by atoms with Crippen LogP contribution in [0.1, 0.15) is 16.8 Å². The predicted octanol–water partition coefficient (Wildman–Crippen LogP) is 3.74. The highest BCUT2D eigenvalue weighted by atomic mass is 79.9. The first kappa shape index (κ1) is 10.4. The Balaban J connectivity index is 2.18. The Morgan fingerprint density at radius 1 is 1.07 bits per heavy atom. The molecular weight excluding hydrogens is 250 g/mol. The van der Waals surface area contributed by atoms with Crippen molar-refractivity contribution in [3.63, 3.8) is 0 Å². The minimum absolute atomic E-state index is 0.889. The number of rotatable bonds is 2. The molecule has 2 heteroatoms. The maximum Gasteiger partial charge on any atom is 0.106 e. The van der Waals surface area contributed by atoms with Crippen LogP contribution in [0.2, 0.25) is 0 Å². The first-order chi connectivity index (χ1) is 7.24. The molecule has 0 fully saturated rings. The summed E-state index contributed by atoms with van der Waals surface area (Å²) in [5.74, 6) is 0. The van der Waals surface area contributed by atoms with E-state index in [1.54, 1.807) is 0 Å². The van der Waals surface area contributed by atoms with E-state index < -0.39 is 0 Å². The fourth-order valence-electron chi connectivity index (χ4n) is 1.46. The Bertz CT molecular complexity index is 448. The Kier molecular flexibility index (Phi) is 3.17. The van der Waals surface area contributed by atoms with Gasteiger partial charge in [0.25, 0.3) is 0 Å². The van der Waals surface area contributed by atoms with E-state index in [0.29, 0.717) is 0 Å². The maximum atomic E-state index is 4.41. The minimum Gasteiger partial charge on any atom is -0.246 e. The Morgan fingerprint density at radius 3 is 2.47 bits per heavy atom. The predicted molar refractivity (Wildman–Crippen MR) is 65.9 cm³/mol. The van der Waals surface area contributed by atoms with Crippen molar-refractivity contribution in [1.29, 1.82) is 0 Å². The van der Waals surface area contributed by atoms with Gasteiger partial charge >= 0.3 is 0 Å². The average Bonchev–Trinajstić information content (AvgIpc) is 2.22. The molecule has 0 unspecified atom stereocenters. The lowest BCUT2D eigenvalue weighted by Gasteiger charge is -2.02. The zero-order chi connectivity index (χ0) is 10.7. The molecule has 76 valence electrons. The number of aromatic nitrogens is 1. The number of hydrogen-bond acceptors (Lipinski definition) is 1. The number of benzene rings is 1. The Hall–Kier alpha value is -1.15. The van der Waals surface area contributed by atoms with E-state index in [-0.39, 0.29) is 0 Å². The second-order valence-corrected chi connectivity index (χ2v) is 4.43. The number of hydrogen-bond donors (Lipinski definition) is 0. The van der Waals surface area contributed by atoms with Gasteiger partial charge in [-0.2, -0.15) is 0 Å². The van der Waals surface area contributed by atoms with Crippen molar-refractivity contribution in [2.24, 2.45) is 0 Å². The largest absolute Gasteiger partial charge is 0.246 e. The van der Waals surface area contributed by atoms with E-state index in [2.05, 4.69) is 52.1 Å². The molecule has 1 heterocycles. The van der Waals surface area contributed by atoms with Gasteiger partial charge < -0.3 is 0 Å². The molecular formula is C13H12BrN. The highest BCUT2D eigenvalue weighted by molar-refractivity contribution is 9.10. The lowest BCUT2D eigenvalue weighted by Crippen LogP contribution is -1.92. The van der Waals surface area contributed by atoms with Crippen LogP contribution in [0.25, 0.3) is 0 Å². The topological polar surface area (TPSA) is 12.9 Å². The van der Waals surface area contributed by atoms with Crippen LogP contribution >= 0.6 is 15.9 Å². The van der Waals surface area contributed by atoms with Crippen LogP contribution < -0.4 is 0 Å². The van der Waals surface area contributed by atoms with Crippen molar-refractivity contribution in [3.8, 4) is 0 Å². The van der Waals surface area contributed by atoms with Crippen LogP contribution in [0.3, 0.4) is 0 Å². The van der Waals surface area contributed by atoms with E-state index in [1.165, 1.54) is 11.1 Å². The van der Waals surface area contributed by atoms with Crippen LogP contribution in [0.15, 0.2) is 47.1 Å². The molecule has 1 nitrogen and oxygen atoms in total. The Labute approximate surface area is 98.3 Å². The molecule has 0 amide bonds. The zero-order valence-corrected chi connectivity index (χ0v) is 10.2. The highest BCUT2D eigenvalue weighted by Gasteiger charge is 1.97. The van der Waals surface area contributed by atoms with Crippen molar-refractivity contribution in [2.45, 2.75) is 13.3 Å². The molecule has 0 radical (unpaired) electrons. The summed E-state index contributed by atoms with van der Waals surface area (Å²) in [6.07, 6.45) is 0.889. The fraction of sp³-hybridized carbons (Fsp3) is 0.154. The van der Waals surface area contributed by atoms with Gasteiger partial charge in [-0.25, -0.2) is 4.98 Å². The summed E-state index contributed by atoms with van der Waals surface area (Å²) in [4.78, 5) is 4.41. The molecule has 2 aromatic rings. The van der Waals surface area contributed by atoms with E-state index in [4.69, 9.17) is 0 Å². The molecule has 0 atom stereocenters. The summed E-state index contributed by atoms with van der Waals surface area (Å²) < 4.78 is 0.895. The van der Waals surface area contributed by atoms with Crippen molar-refractivity contribution >= 4 is 15.9 Å². The van der Waals surface area contributed by atoms with E-state index in [9.17, 15) is 0 Å². The quantitative estimate of drug-likeness (QED) is 0.751. The first-order valence-electron chi connectivity index (χ1n) is 4.91. The third kappa shape index (κ3) is 2.90. The van der Waals surface area contributed by atoms with Gasteiger partial charge in [0.1, 0.15) is 4.60 Å². The van der Waals surface area contributed by atoms with E-state index in [0.717, 1.165) is 16.7 Å². The average molecular weight is 262 g/mol. The van der Waals surface area contributed by atoms with E-state index in [1.807, 2.05) is 18.2 Å². The maximum absolute atomic E-state index is 4.41. The van der Waals surface area contributed by atoms with Crippen LogP contribution in [0, 0.1) is 6.92 Å². The third-order valence-corrected chi connectivity index (χ3v) is 2.72. The van der Waals surface area contributed by atoms with Crippen LogP contribution in [0.4, 0.5) is 0 Å². The van der Waals surface area contributed by atoms with E-state index >= 15 is 0 Å². The van der Waals surface area contributed by atoms with Gasteiger partial charge in [-0.3, -0.25) is 0 Å². The number of nitrogens with zero attached hydrogens (tertiary/aromatic N) is 1. The first-order valence-corrected chi connectivity index (χ1v) is 5.70. The van der Waals surface area contributed by atoms with Crippen molar-refractivity contribution in [3.05, 3.63) is 63.9 Å². The summed E-state index contributed by atoms with van der Waals surface area (Å²) in [5.41, 5.74) is 3.68. The molecule has 0 aliphatic heterocycles.